The van der Waals surface area contributed by atoms with Crippen molar-refractivity contribution in [1.29, 1.82) is 0 Å². The molecule has 7 nitrogen and oxygen atoms in total. The summed E-state index contributed by atoms with van der Waals surface area (Å²) in [5, 5.41) is 5.52. The number of carbonyl (C=O) groups is 3. The van der Waals surface area contributed by atoms with Gasteiger partial charge in [-0.15, -0.1) is 0 Å². The number of amides is 3. The molecule has 136 valence electrons. The number of ether oxygens (including phenoxy) is 1. The molecule has 2 N–H and O–H groups in total. The fourth-order valence-corrected chi connectivity index (χ4v) is 2.69. The Labute approximate surface area is 147 Å². The molecule has 0 bridgehead atoms. The molecule has 0 spiro atoms. The van der Waals surface area contributed by atoms with Crippen LogP contribution in [0, 0.1) is 11.8 Å². The van der Waals surface area contributed by atoms with Gasteiger partial charge in [0.05, 0.1) is 18.7 Å². The van der Waals surface area contributed by atoms with Crippen LogP contribution < -0.4 is 20.3 Å². The van der Waals surface area contributed by atoms with E-state index in [0.717, 1.165) is 0 Å². The van der Waals surface area contributed by atoms with Crippen molar-refractivity contribution in [2.45, 2.75) is 20.3 Å². The number of hydrogen-bond acceptors (Lipinski definition) is 4. The molecule has 1 atom stereocenters. The molecule has 1 unspecified atom stereocenters. The van der Waals surface area contributed by atoms with Gasteiger partial charge in [-0.05, 0) is 12.1 Å². The van der Waals surface area contributed by atoms with Crippen LogP contribution in [0.25, 0.3) is 0 Å². The van der Waals surface area contributed by atoms with Crippen LogP contribution in [-0.2, 0) is 14.4 Å². The Kier molecular flexibility index (Phi) is 6.38. The summed E-state index contributed by atoms with van der Waals surface area (Å²) in [6, 6.07) is 7.25. The molecule has 2 rings (SSSR count). The Morgan fingerprint density at radius 3 is 2.60 bits per heavy atom. The maximum absolute atomic E-state index is 12.3. The third-order valence-corrected chi connectivity index (χ3v) is 4.12. The number of rotatable bonds is 7. The Balaban J connectivity index is 1.87. The highest BCUT2D eigenvalue weighted by atomic mass is 16.5. The van der Waals surface area contributed by atoms with Gasteiger partial charge < -0.3 is 20.3 Å². The lowest BCUT2D eigenvalue weighted by Gasteiger charge is -2.19. The van der Waals surface area contributed by atoms with Crippen LogP contribution in [0.1, 0.15) is 20.3 Å². The maximum Gasteiger partial charge on any atom is 0.227 e. The highest BCUT2D eigenvalue weighted by Gasteiger charge is 2.36. The van der Waals surface area contributed by atoms with Crippen LogP contribution in [-0.4, -0.2) is 44.5 Å². The predicted molar refractivity (Wildman–Crippen MR) is 94.3 cm³/mol. The van der Waals surface area contributed by atoms with Gasteiger partial charge in [0.2, 0.25) is 17.7 Å². The first-order chi connectivity index (χ1) is 11.9. The van der Waals surface area contributed by atoms with Crippen LogP contribution in [0.3, 0.4) is 0 Å². The van der Waals surface area contributed by atoms with E-state index < -0.39 is 5.92 Å². The summed E-state index contributed by atoms with van der Waals surface area (Å²) in [7, 11) is 1.55. The SMILES string of the molecule is COc1ccccc1N1CC(C(=O)NCCNC(=O)C(C)C)CC1=O. The van der Waals surface area contributed by atoms with Crippen molar-refractivity contribution in [2.24, 2.45) is 11.8 Å². The first kappa shape index (κ1) is 18.8. The van der Waals surface area contributed by atoms with Crippen LogP contribution in [0.15, 0.2) is 24.3 Å². The number of carbonyl (C=O) groups excluding carboxylic acids is 3. The summed E-state index contributed by atoms with van der Waals surface area (Å²) < 4.78 is 5.29. The fraction of sp³-hybridized carbons (Fsp3) is 0.500. The molecular weight excluding hydrogens is 322 g/mol. The van der Waals surface area contributed by atoms with Crippen molar-refractivity contribution in [3.8, 4) is 5.75 Å². The minimum Gasteiger partial charge on any atom is -0.495 e. The second kappa shape index (κ2) is 8.50. The minimum absolute atomic E-state index is 0.0485. The van der Waals surface area contributed by atoms with E-state index in [1.54, 1.807) is 24.1 Å². The molecule has 1 heterocycles. The van der Waals surface area contributed by atoms with Crippen LogP contribution in [0.2, 0.25) is 0 Å². The van der Waals surface area contributed by atoms with E-state index in [-0.39, 0.29) is 30.1 Å². The second-order valence-corrected chi connectivity index (χ2v) is 6.31. The molecule has 1 aliphatic rings. The van der Waals surface area contributed by atoms with Crippen molar-refractivity contribution in [3.63, 3.8) is 0 Å². The standard InChI is InChI=1S/C18H25N3O4/c1-12(2)17(23)19-8-9-20-18(24)13-10-16(22)21(11-13)14-6-4-5-7-15(14)25-3/h4-7,12-13H,8-11H2,1-3H3,(H,19,23)(H,20,24). The summed E-state index contributed by atoms with van der Waals surface area (Å²) in [6.45, 7) is 4.66. The summed E-state index contributed by atoms with van der Waals surface area (Å²) >= 11 is 0. The largest absolute Gasteiger partial charge is 0.495 e. The average Bonchev–Trinajstić information content (AvgIpc) is 2.99. The number of nitrogens with zero attached hydrogens (tertiary/aromatic N) is 1. The summed E-state index contributed by atoms with van der Waals surface area (Å²) in [6.07, 6.45) is 0.169. The number of nitrogens with one attached hydrogen (secondary N) is 2. The average molecular weight is 347 g/mol. The highest BCUT2D eigenvalue weighted by Crippen LogP contribution is 2.32. The van der Waals surface area contributed by atoms with E-state index in [0.29, 0.717) is 31.1 Å². The Hall–Kier alpha value is -2.57. The molecule has 0 saturated carbocycles. The van der Waals surface area contributed by atoms with Gasteiger partial charge in [-0.2, -0.15) is 0 Å². The van der Waals surface area contributed by atoms with Gasteiger partial charge in [0.15, 0.2) is 0 Å². The zero-order valence-electron chi connectivity index (χ0n) is 14.9. The summed E-state index contributed by atoms with van der Waals surface area (Å²) in [5.41, 5.74) is 0.675. The van der Waals surface area contributed by atoms with Gasteiger partial charge in [0.25, 0.3) is 0 Å². The normalized spacial score (nSPS) is 16.9. The van der Waals surface area contributed by atoms with E-state index in [1.165, 1.54) is 0 Å². The Morgan fingerprint density at radius 2 is 1.92 bits per heavy atom. The zero-order valence-corrected chi connectivity index (χ0v) is 14.9. The van der Waals surface area contributed by atoms with Crippen molar-refractivity contribution >= 4 is 23.4 Å². The van der Waals surface area contributed by atoms with Gasteiger partial charge in [-0.25, -0.2) is 0 Å². The van der Waals surface area contributed by atoms with Gasteiger partial charge in [0, 0.05) is 32.0 Å². The molecule has 1 saturated heterocycles. The van der Waals surface area contributed by atoms with Gasteiger partial charge in [-0.1, -0.05) is 26.0 Å². The maximum atomic E-state index is 12.3. The van der Waals surface area contributed by atoms with Crippen LogP contribution in [0.4, 0.5) is 5.69 Å². The van der Waals surface area contributed by atoms with Crippen LogP contribution >= 0.6 is 0 Å². The Bertz CT molecular complexity index is 645. The third kappa shape index (κ3) is 4.71. The third-order valence-electron chi connectivity index (χ3n) is 4.12. The smallest absolute Gasteiger partial charge is 0.227 e. The summed E-state index contributed by atoms with van der Waals surface area (Å²) in [5.74, 6) is -0.209. The molecule has 25 heavy (non-hydrogen) atoms. The number of hydrogen-bond donors (Lipinski definition) is 2. The van der Waals surface area contributed by atoms with Crippen molar-refractivity contribution in [1.82, 2.24) is 10.6 Å². The van der Waals surface area contributed by atoms with E-state index in [4.69, 9.17) is 4.74 Å². The summed E-state index contributed by atoms with van der Waals surface area (Å²) in [4.78, 5) is 37.6. The fourth-order valence-electron chi connectivity index (χ4n) is 2.69. The van der Waals surface area contributed by atoms with Crippen LogP contribution in [0.5, 0.6) is 5.75 Å². The topological polar surface area (TPSA) is 87.7 Å². The van der Waals surface area contributed by atoms with Crippen molar-refractivity contribution in [2.75, 3.05) is 31.6 Å². The molecule has 0 aromatic heterocycles. The quantitative estimate of drug-likeness (QED) is 0.719. The van der Waals surface area contributed by atoms with Gasteiger partial charge in [-0.3, -0.25) is 14.4 Å². The molecule has 1 aliphatic heterocycles. The monoisotopic (exact) mass is 347 g/mol. The van der Waals surface area contributed by atoms with Gasteiger partial charge in [0.1, 0.15) is 5.75 Å². The van der Waals surface area contributed by atoms with Crippen molar-refractivity contribution < 1.29 is 19.1 Å². The van der Waals surface area contributed by atoms with E-state index in [1.807, 2.05) is 26.0 Å². The molecule has 7 heteroatoms. The van der Waals surface area contributed by atoms with Gasteiger partial charge >= 0.3 is 0 Å². The number of benzene rings is 1. The second-order valence-electron chi connectivity index (χ2n) is 6.31. The lowest BCUT2D eigenvalue weighted by atomic mass is 10.1. The molecule has 3 amide bonds. The number of methoxy groups -OCH3 is 1. The number of para-hydroxylation sites is 2. The first-order valence-corrected chi connectivity index (χ1v) is 8.42. The van der Waals surface area contributed by atoms with E-state index >= 15 is 0 Å². The number of anilines is 1. The lowest BCUT2D eigenvalue weighted by Crippen LogP contribution is -2.39. The minimum atomic E-state index is -0.404. The zero-order chi connectivity index (χ0) is 18.4. The van der Waals surface area contributed by atoms with E-state index in [2.05, 4.69) is 10.6 Å². The molecule has 0 aliphatic carbocycles. The van der Waals surface area contributed by atoms with Crippen molar-refractivity contribution in [3.05, 3.63) is 24.3 Å². The first-order valence-electron chi connectivity index (χ1n) is 8.42. The molecular formula is C18H25N3O4. The molecule has 1 aromatic rings. The van der Waals surface area contributed by atoms with E-state index in [9.17, 15) is 14.4 Å². The molecule has 0 radical (unpaired) electrons. The lowest BCUT2D eigenvalue weighted by molar-refractivity contribution is -0.126. The predicted octanol–water partition coefficient (Wildman–Crippen LogP) is 0.936. The Morgan fingerprint density at radius 1 is 1.24 bits per heavy atom. The molecule has 1 aromatic carbocycles. The highest BCUT2D eigenvalue weighted by molar-refractivity contribution is 6.01. The molecule has 1 fully saturated rings.